The van der Waals surface area contributed by atoms with Gasteiger partial charge in [-0.15, -0.1) is 0 Å². The highest BCUT2D eigenvalue weighted by atomic mass is 16.5. The average Bonchev–Trinajstić information content (AvgIpc) is 3.01. The van der Waals surface area contributed by atoms with E-state index in [-0.39, 0.29) is 88.5 Å². The molecule has 0 aromatic carbocycles. The number of rotatable bonds is 34. The Morgan fingerprint density at radius 1 is 0.340 bits per heavy atom. The third-order valence-corrected chi connectivity index (χ3v) is 5.70. The molecule has 0 bridgehead atoms. The maximum absolute atomic E-state index is 11.9. The summed E-state index contributed by atoms with van der Waals surface area (Å²) >= 11 is 0. The summed E-state index contributed by atoms with van der Waals surface area (Å²) in [4.78, 5) is 67.4. The molecule has 0 unspecified atom stereocenters. The monoisotopic (exact) mass is 680 g/mol. The fraction of sp³-hybridized carbons (Fsp3) is 0.793. The Morgan fingerprint density at radius 2 is 0.617 bits per heavy atom. The van der Waals surface area contributed by atoms with Crippen molar-refractivity contribution in [2.24, 2.45) is 0 Å². The maximum Gasteiger partial charge on any atom is 0.305 e. The summed E-state index contributed by atoms with van der Waals surface area (Å²) in [7, 11) is 0. The molecule has 6 N–H and O–H groups in total. The fourth-order valence-corrected chi connectivity index (χ4v) is 3.32. The van der Waals surface area contributed by atoms with Crippen LogP contribution >= 0.6 is 0 Å². The zero-order valence-corrected chi connectivity index (χ0v) is 27.1. The first-order chi connectivity index (χ1) is 22.7. The largest absolute Gasteiger partial charge is 0.481 e. The molecule has 0 fully saturated rings. The van der Waals surface area contributed by atoms with Gasteiger partial charge in [0, 0.05) is 51.9 Å². The van der Waals surface area contributed by atoms with Gasteiger partial charge in [0.25, 0.3) is 0 Å². The number of hydrogen-bond donors (Lipinski definition) is 6. The van der Waals surface area contributed by atoms with Crippen molar-refractivity contribution in [3.63, 3.8) is 0 Å². The van der Waals surface area contributed by atoms with Gasteiger partial charge in [-0.3, -0.25) is 28.8 Å². The van der Waals surface area contributed by atoms with Crippen molar-refractivity contribution in [1.29, 1.82) is 0 Å². The molecule has 272 valence electrons. The quantitative estimate of drug-likeness (QED) is 0.0422. The van der Waals surface area contributed by atoms with Crippen LogP contribution in [0.4, 0.5) is 0 Å². The lowest BCUT2D eigenvalue weighted by Crippen LogP contribution is -2.29. The second-order valence-electron chi connectivity index (χ2n) is 9.72. The van der Waals surface area contributed by atoms with E-state index in [1.165, 1.54) is 0 Å². The number of aliphatic carboxylic acids is 2. The Labute approximate surface area is 274 Å². The van der Waals surface area contributed by atoms with Gasteiger partial charge in [0.2, 0.25) is 23.6 Å². The van der Waals surface area contributed by atoms with Gasteiger partial charge in [-0.05, 0) is 6.42 Å². The molecule has 18 heteroatoms. The maximum atomic E-state index is 11.9. The molecule has 0 atom stereocenters. The molecule has 0 aliphatic carbocycles. The molecule has 0 saturated heterocycles. The van der Waals surface area contributed by atoms with Gasteiger partial charge in [0.1, 0.15) is 0 Å². The minimum absolute atomic E-state index is 0.0895. The van der Waals surface area contributed by atoms with Gasteiger partial charge >= 0.3 is 11.9 Å². The van der Waals surface area contributed by atoms with Gasteiger partial charge in [-0.1, -0.05) is 0 Å². The van der Waals surface area contributed by atoms with E-state index in [4.69, 9.17) is 38.6 Å². The molecule has 0 saturated carbocycles. The molecule has 0 heterocycles. The highest BCUT2D eigenvalue weighted by molar-refractivity contribution is 5.79. The summed E-state index contributed by atoms with van der Waals surface area (Å²) in [6, 6.07) is 0. The number of carbonyl (C=O) groups is 6. The lowest BCUT2D eigenvalue weighted by molar-refractivity contribution is -0.138. The highest BCUT2D eigenvalue weighted by Crippen LogP contribution is 1.95. The van der Waals surface area contributed by atoms with Crippen LogP contribution in [0.3, 0.4) is 0 Å². The van der Waals surface area contributed by atoms with Crippen LogP contribution in [0.1, 0.15) is 44.9 Å². The van der Waals surface area contributed by atoms with Gasteiger partial charge in [-0.25, -0.2) is 0 Å². The van der Waals surface area contributed by atoms with E-state index in [0.717, 1.165) is 0 Å². The van der Waals surface area contributed by atoms with Gasteiger partial charge < -0.3 is 59.9 Å². The standard InChI is InChI=1S/C29H52N4O14/c34-24(32-10-14-44-18-22-46-20-16-42-12-6-26(36)30-8-4-28(38)39)2-1-3-25(35)33-11-15-45-19-23-47-21-17-43-13-7-27(37)31-9-5-29(40)41/h1-23H2,(H,30,36)(H,31,37)(H,32,34)(H,33,35)(H,38,39)(H,40,41). The predicted octanol–water partition coefficient (Wildman–Crippen LogP) is -1.55. The summed E-state index contributed by atoms with van der Waals surface area (Å²) < 4.78 is 32.0. The third-order valence-electron chi connectivity index (χ3n) is 5.70. The van der Waals surface area contributed by atoms with Crippen LogP contribution < -0.4 is 21.3 Å². The van der Waals surface area contributed by atoms with Crippen molar-refractivity contribution < 1.29 is 67.4 Å². The third kappa shape index (κ3) is 35.3. The molecule has 4 amide bonds. The first-order valence-electron chi connectivity index (χ1n) is 15.7. The Balaban J connectivity index is 3.36. The molecule has 0 aromatic heterocycles. The predicted molar refractivity (Wildman–Crippen MR) is 165 cm³/mol. The van der Waals surface area contributed by atoms with E-state index in [0.29, 0.717) is 85.6 Å². The molecule has 0 spiro atoms. The molecule has 47 heavy (non-hydrogen) atoms. The highest BCUT2D eigenvalue weighted by Gasteiger charge is 2.06. The molecular formula is C29H52N4O14. The second-order valence-corrected chi connectivity index (χ2v) is 9.72. The first kappa shape index (κ1) is 43.6. The van der Waals surface area contributed by atoms with Crippen LogP contribution in [-0.4, -0.2) is 151 Å². The van der Waals surface area contributed by atoms with Crippen LogP contribution in [0, 0.1) is 0 Å². The minimum atomic E-state index is -0.972. The van der Waals surface area contributed by atoms with Crippen LogP contribution in [0.25, 0.3) is 0 Å². The SMILES string of the molecule is O=C(O)CCNC(=O)CCOCCOCCOCCNC(=O)CCCC(=O)NCCOCCOCCOCCC(=O)NCCC(=O)O. The molecule has 0 aromatic rings. The number of hydrogen-bond acceptors (Lipinski definition) is 12. The van der Waals surface area contributed by atoms with E-state index in [1.807, 2.05) is 0 Å². The summed E-state index contributed by atoms with van der Waals surface area (Å²) in [5.74, 6) is -2.82. The minimum Gasteiger partial charge on any atom is -0.481 e. The van der Waals surface area contributed by atoms with Crippen molar-refractivity contribution in [3.8, 4) is 0 Å². The van der Waals surface area contributed by atoms with E-state index in [1.54, 1.807) is 0 Å². The van der Waals surface area contributed by atoms with Gasteiger partial charge in [-0.2, -0.15) is 0 Å². The Bertz CT molecular complexity index is 810. The normalized spacial score (nSPS) is 10.7. The zero-order valence-electron chi connectivity index (χ0n) is 27.1. The van der Waals surface area contributed by atoms with E-state index in [9.17, 15) is 28.8 Å². The number of ether oxygens (including phenoxy) is 6. The van der Waals surface area contributed by atoms with E-state index < -0.39 is 11.9 Å². The topological polar surface area (TPSA) is 246 Å². The summed E-state index contributed by atoms with van der Waals surface area (Å²) in [5.41, 5.74) is 0. The summed E-state index contributed by atoms with van der Waals surface area (Å²) in [5, 5.41) is 27.4. The lowest BCUT2D eigenvalue weighted by Gasteiger charge is -2.09. The average molecular weight is 681 g/mol. The summed E-state index contributed by atoms with van der Waals surface area (Å²) in [6.45, 7) is 4.60. The molecule has 0 radical (unpaired) electrons. The van der Waals surface area contributed by atoms with Gasteiger partial charge in [0.05, 0.1) is 92.1 Å². The van der Waals surface area contributed by atoms with Crippen LogP contribution in [0.5, 0.6) is 0 Å². The van der Waals surface area contributed by atoms with Crippen molar-refractivity contribution in [3.05, 3.63) is 0 Å². The summed E-state index contributed by atoms with van der Waals surface area (Å²) in [6.07, 6.45) is 0.893. The molecular weight excluding hydrogens is 628 g/mol. The number of carbonyl (C=O) groups excluding carboxylic acids is 4. The second kappa shape index (κ2) is 32.5. The van der Waals surface area contributed by atoms with Crippen molar-refractivity contribution in [2.75, 3.05) is 105 Å². The van der Waals surface area contributed by atoms with Crippen molar-refractivity contribution >= 4 is 35.6 Å². The number of carboxylic acids is 2. The molecule has 0 rings (SSSR count). The Hall–Kier alpha value is -3.42. The number of carboxylic acid groups (broad SMARTS) is 2. The fourth-order valence-electron chi connectivity index (χ4n) is 3.32. The molecule has 0 aliphatic heterocycles. The lowest BCUT2D eigenvalue weighted by atomic mass is 10.2. The smallest absolute Gasteiger partial charge is 0.305 e. The van der Waals surface area contributed by atoms with Crippen molar-refractivity contribution in [1.82, 2.24) is 21.3 Å². The number of amides is 4. The van der Waals surface area contributed by atoms with Crippen molar-refractivity contribution in [2.45, 2.75) is 44.9 Å². The first-order valence-corrected chi connectivity index (χ1v) is 15.7. The van der Waals surface area contributed by atoms with E-state index in [2.05, 4.69) is 21.3 Å². The Kier molecular flexibility index (Phi) is 30.2. The molecule has 0 aliphatic rings. The van der Waals surface area contributed by atoms with Crippen LogP contribution in [0.2, 0.25) is 0 Å². The number of nitrogens with one attached hydrogen (secondary N) is 4. The van der Waals surface area contributed by atoms with Gasteiger partial charge in [0.15, 0.2) is 0 Å². The van der Waals surface area contributed by atoms with Crippen LogP contribution in [-0.2, 0) is 57.2 Å². The Morgan fingerprint density at radius 3 is 0.957 bits per heavy atom. The van der Waals surface area contributed by atoms with Crippen LogP contribution in [0.15, 0.2) is 0 Å². The zero-order chi connectivity index (χ0) is 34.8. The van der Waals surface area contributed by atoms with E-state index >= 15 is 0 Å². The molecule has 18 nitrogen and oxygen atoms in total.